The summed E-state index contributed by atoms with van der Waals surface area (Å²) in [6.45, 7) is 0. The minimum atomic E-state index is -3.40. The Morgan fingerprint density at radius 1 is 0.774 bits per heavy atom. The smallest absolute Gasteiger partial charge is 0.229 e. The monoisotopic (exact) mass is 429 g/mol. The Morgan fingerprint density at radius 2 is 1.35 bits per heavy atom. The molecule has 0 aliphatic rings. The Balaban J connectivity index is 1.79. The first kappa shape index (κ1) is 20.8. The molecule has 0 saturated carbocycles. The molecule has 0 aliphatic heterocycles. The molecule has 0 spiro atoms. The lowest BCUT2D eigenvalue weighted by atomic mass is 9.85. The van der Waals surface area contributed by atoms with Gasteiger partial charge in [0.2, 0.25) is 10.0 Å². The van der Waals surface area contributed by atoms with Crippen LogP contribution in [-0.4, -0.2) is 24.6 Å². The zero-order valence-corrected chi connectivity index (χ0v) is 18.0. The van der Waals surface area contributed by atoms with Gasteiger partial charge in [-0.05, 0) is 46.9 Å². The molecule has 1 N–H and O–H groups in total. The first-order valence-electron chi connectivity index (χ1n) is 9.96. The first-order valence-corrected chi connectivity index (χ1v) is 11.9. The molecular weight excluding hydrogens is 406 g/mol. The molecule has 0 radical (unpaired) electrons. The molecule has 0 aliphatic carbocycles. The summed E-state index contributed by atoms with van der Waals surface area (Å²) in [5.41, 5.74) is 5.73. The highest BCUT2D eigenvalue weighted by Gasteiger charge is 2.19. The summed E-state index contributed by atoms with van der Waals surface area (Å²) < 4.78 is 26.4. The maximum absolute atomic E-state index is 11.9. The predicted molar refractivity (Wildman–Crippen MR) is 124 cm³/mol. The second-order valence-electron chi connectivity index (χ2n) is 7.41. The van der Waals surface area contributed by atoms with Crippen LogP contribution >= 0.6 is 0 Å². The van der Waals surface area contributed by atoms with Crippen molar-refractivity contribution in [3.8, 4) is 11.1 Å². The van der Waals surface area contributed by atoms with Gasteiger partial charge in [0.1, 0.15) is 0 Å². The zero-order chi connectivity index (χ0) is 21.7. The Bertz CT molecular complexity index is 1220. The van der Waals surface area contributed by atoms with E-state index in [0.717, 1.165) is 40.5 Å². The second-order valence-corrected chi connectivity index (χ2v) is 9.15. The van der Waals surface area contributed by atoms with Crippen molar-refractivity contribution < 1.29 is 8.42 Å². The van der Waals surface area contributed by atoms with Crippen LogP contribution in [0.5, 0.6) is 0 Å². The third-order valence-corrected chi connectivity index (χ3v) is 5.72. The Kier molecular flexibility index (Phi) is 6.09. The number of nitrogens with zero attached hydrogens (tertiary/aromatic N) is 2. The van der Waals surface area contributed by atoms with Gasteiger partial charge in [-0.1, -0.05) is 54.6 Å². The van der Waals surface area contributed by atoms with Gasteiger partial charge in [0.15, 0.2) is 0 Å². The van der Waals surface area contributed by atoms with Gasteiger partial charge in [-0.2, -0.15) is 0 Å². The highest BCUT2D eigenvalue weighted by Crippen LogP contribution is 2.35. The van der Waals surface area contributed by atoms with Crippen molar-refractivity contribution in [2.75, 3.05) is 11.0 Å². The average Bonchev–Trinajstić information content (AvgIpc) is 2.78. The summed E-state index contributed by atoms with van der Waals surface area (Å²) in [7, 11) is -3.40. The fraction of sp³-hybridized carbons (Fsp3) is 0.120. The fourth-order valence-corrected chi connectivity index (χ4v) is 4.36. The largest absolute Gasteiger partial charge is 0.283 e. The van der Waals surface area contributed by atoms with Crippen LogP contribution in [-0.2, 0) is 16.4 Å². The van der Waals surface area contributed by atoms with Crippen LogP contribution in [0.1, 0.15) is 22.6 Å². The van der Waals surface area contributed by atoms with E-state index in [0.29, 0.717) is 5.69 Å². The van der Waals surface area contributed by atoms with Gasteiger partial charge in [0.05, 0.1) is 11.9 Å². The Labute approximate surface area is 182 Å². The van der Waals surface area contributed by atoms with E-state index in [9.17, 15) is 8.42 Å². The molecule has 0 unspecified atom stereocenters. The molecule has 4 aromatic rings. The summed E-state index contributed by atoms with van der Waals surface area (Å²) in [6, 6.07) is 23.6. The van der Waals surface area contributed by atoms with Crippen molar-refractivity contribution in [2.24, 2.45) is 0 Å². The average molecular weight is 430 g/mol. The number of anilines is 1. The van der Waals surface area contributed by atoms with E-state index >= 15 is 0 Å². The predicted octanol–water partition coefficient (Wildman–Crippen LogP) is 4.89. The lowest BCUT2D eigenvalue weighted by molar-refractivity contribution is 0.607. The summed E-state index contributed by atoms with van der Waals surface area (Å²) in [6.07, 6.45) is 9.20. The molecule has 2 aromatic heterocycles. The van der Waals surface area contributed by atoms with Gasteiger partial charge in [-0.15, -0.1) is 0 Å². The third-order valence-electron chi connectivity index (χ3n) is 5.13. The molecule has 0 bridgehead atoms. The van der Waals surface area contributed by atoms with E-state index in [1.807, 2.05) is 60.9 Å². The van der Waals surface area contributed by atoms with Crippen molar-refractivity contribution in [1.29, 1.82) is 0 Å². The Morgan fingerprint density at radius 3 is 1.94 bits per heavy atom. The van der Waals surface area contributed by atoms with Gasteiger partial charge in [-0.3, -0.25) is 14.7 Å². The molecule has 2 aromatic carbocycles. The number of rotatable bonds is 7. The van der Waals surface area contributed by atoms with Gasteiger partial charge < -0.3 is 0 Å². The van der Waals surface area contributed by atoms with Crippen molar-refractivity contribution >= 4 is 15.7 Å². The third kappa shape index (κ3) is 5.16. The number of nitrogens with one attached hydrogen (secondary N) is 1. The van der Waals surface area contributed by atoms with E-state index in [1.165, 1.54) is 0 Å². The standard InChI is InChI=1S/C25H23N3O2S/c1-31(29,30)28-25-13-5-4-12-23(25)22-11-3-2-8-19(22)16-24(20-9-6-14-26-17-20)21-10-7-15-27-18-21/h2-15,17-18,24,28H,16H2,1H3. The number of para-hydroxylation sites is 1. The second kappa shape index (κ2) is 9.10. The highest BCUT2D eigenvalue weighted by molar-refractivity contribution is 7.92. The molecule has 31 heavy (non-hydrogen) atoms. The minimum absolute atomic E-state index is 0.0681. The summed E-state index contributed by atoms with van der Waals surface area (Å²) in [5.74, 6) is 0.0681. The topological polar surface area (TPSA) is 72.0 Å². The number of aromatic nitrogens is 2. The van der Waals surface area contributed by atoms with Crippen LogP contribution in [0.25, 0.3) is 11.1 Å². The minimum Gasteiger partial charge on any atom is -0.283 e. The molecular formula is C25H23N3O2S. The molecule has 4 rings (SSSR count). The maximum Gasteiger partial charge on any atom is 0.229 e. The molecule has 2 heterocycles. The van der Waals surface area contributed by atoms with Crippen LogP contribution in [0.4, 0.5) is 5.69 Å². The van der Waals surface area contributed by atoms with Crippen LogP contribution < -0.4 is 4.72 Å². The van der Waals surface area contributed by atoms with E-state index < -0.39 is 10.0 Å². The summed E-state index contributed by atoms with van der Waals surface area (Å²) in [5, 5.41) is 0. The molecule has 0 fully saturated rings. The molecule has 6 heteroatoms. The first-order chi connectivity index (χ1) is 15.0. The molecule has 0 atom stereocenters. The van der Waals surface area contributed by atoms with E-state index in [-0.39, 0.29) is 5.92 Å². The number of pyridine rings is 2. The maximum atomic E-state index is 11.9. The van der Waals surface area contributed by atoms with Crippen molar-refractivity contribution in [2.45, 2.75) is 12.3 Å². The normalized spacial score (nSPS) is 11.4. The SMILES string of the molecule is CS(=O)(=O)Nc1ccccc1-c1ccccc1CC(c1cccnc1)c1cccnc1. The van der Waals surface area contributed by atoms with Gasteiger partial charge in [0, 0.05) is 36.3 Å². The van der Waals surface area contributed by atoms with Crippen LogP contribution in [0.2, 0.25) is 0 Å². The number of hydrogen-bond donors (Lipinski definition) is 1. The number of benzene rings is 2. The number of sulfonamides is 1. The zero-order valence-electron chi connectivity index (χ0n) is 17.1. The fourth-order valence-electron chi connectivity index (χ4n) is 3.78. The summed E-state index contributed by atoms with van der Waals surface area (Å²) in [4.78, 5) is 8.62. The van der Waals surface area contributed by atoms with E-state index in [2.05, 4.69) is 32.9 Å². The van der Waals surface area contributed by atoms with E-state index in [4.69, 9.17) is 0 Å². The molecule has 0 amide bonds. The molecule has 156 valence electrons. The van der Waals surface area contributed by atoms with Gasteiger partial charge in [0.25, 0.3) is 0 Å². The lowest BCUT2D eigenvalue weighted by Crippen LogP contribution is -2.11. The lowest BCUT2D eigenvalue weighted by Gasteiger charge is -2.20. The van der Waals surface area contributed by atoms with Gasteiger partial charge in [-0.25, -0.2) is 8.42 Å². The van der Waals surface area contributed by atoms with Crippen molar-refractivity contribution in [1.82, 2.24) is 9.97 Å². The van der Waals surface area contributed by atoms with E-state index in [1.54, 1.807) is 18.5 Å². The van der Waals surface area contributed by atoms with Crippen LogP contribution in [0.15, 0.2) is 97.6 Å². The molecule has 0 saturated heterocycles. The number of hydrogen-bond acceptors (Lipinski definition) is 4. The van der Waals surface area contributed by atoms with Crippen LogP contribution in [0.3, 0.4) is 0 Å². The highest BCUT2D eigenvalue weighted by atomic mass is 32.2. The summed E-state index contributed by atoms with van der Waals surface area (Å²) >= 11 is 0. The van der Waals surface area contributed by atoms with Crippen molar-refractivity contribution in [3.05, 3.63) is 114 Å². The van der Waals surface area contributed by atoms with Gasteiger partial charge >= 0.3 is 0 Å². The van der Waals surface area contributed by atoms with Crippen molar-refractivity contribution in [3.63, 3.8) is 0 Å². The quantitative estimate of drug-likeness (QED) is 0.454. The Hall–Kier alpha value is -3.51. The van der Waals surface area contributed by atoms with Crippen LogP contribution in [0, 0.1) is 0 Å². The molecule has 5 nitrogen and oxygen atoms in total.